The number of carbonyl (C=O) groups is 1. The summed E-state index contributed by atoms with van der Waals surface area (Å²) in [5.41, 5.74) is 8.35. The lowest BCUT2D eigenvalue weighted by Crippen LogP contribution is -2.24. The van der Waals surface area contributed by atoms with Gasteiger partial charge < -0.3 is 20.5 Å². The molecule has 0 fully saturated rings. The van der Waals surface area contributed by atoms with Gasteiger partial charge in [-0.1, -0.05) is 0 Å². The number of nitrogen functional groups attached to an aromatic ring is 1. The first-order chi connectivity index (χ1) is 10.1. The summed E-state index contributed by atoms with van der Waals surface area (Å²) in [6.45, 7) is 2.25. The van der Waals surface area contributed by atoms with Gasteiger partial charge in [-0.15, -0.1) is 0 Å². The highest BCUT2D eigenvalue weighted by Crippen LogP contribution is 2.30. The van der Waals surface area contributed by atoms with Crippen LogP contribution in [0, 0.1) is 6.92 Å². The Balaban J connectivity index is 2.20. The Morgan fingerprint density at radius 1 is 1.38 bits per heavy atom. The molecule has 7 nitrogen and oxygen atoms in total. The number of methoxy groups -OCH3 is 2. The predicted octanol–water partition coefficient (Wildman–Crippen LogP) is 1.25. The van der Waals surface area contributed by atoms with Crippen LogP contribution in [-0.4, -0.2) is 30.3 Å². The summed E-state index contributed by atoms with van der Waals surface area (Å²) in [5.74, 6) is 0.606. The lowest BCUT2D eigenvalue weighted by Gasteiger charge is -2.12. The number of rotatable bonds is 5. The van der Waals surface area contributed by atoms with Gasteiger partial charge in [-0.05, 0) is 13.0 Å². The maximum Gasteiger partial charge on any atom is 0.253 e. The van der Waals surface area contributed by atoms with Gasteiger partial charge in [0.1, 0.15) is 11.5 Å². The largest absolute Gasteiger partial charge is 0.497 e. The van der Waals surface area contributed by atoms with Crippen molar-refractivity contribution in [2.24, 2.45) is 0 Å². The Morgan fingerprint density at radius 3 is 2.71 bits per heavy atom. The molecule has 0 saturated carbocycles. The number of benzene rings is 1. The van der Waals surface area contributed by atoms with Crippen molar-refractivity contribution in [1.29, 1.82) is 0 Å². The normalized spacial score (nSPS) is 10.2. The number of ether oxygens (including phenoxy) is 2. The Kier molecular flexibility index (Phi) is 4.32. The zero-order valence-corrected chi connectivity index (χ0v) is 12.2. The van der Waals surface area contributed by atoms with E-state index in [2.05, 4.69) is 15.5 Å². The second kappa shape index (κ2) is 6.17. The average molecular weight is 290 g/mol. The molecule has 21 heavy (non-hydrogen) atoms. The molecule has 1 heterocycles. The smallest absolute Gasteiger partial charge is 0.253 e. The number of aromatic amines is 1. The number of nitrogens with two attached hydrogens (primary N) is 1. The van der Waals surface area contributed by atoms with E-state index in [-0.39, 0.29) is 11.6 Å². The van der Waals surface area contributed by atoms with Gasteiger partial charge in [0.25, 0.3) is 5.91 Å². The molecule has 1 aromatic carbocycles. The summed E-state index contributed by atoms with van der Waals surface area (Å²) in [4.78, 5) is 12.3. The standard InChI is InChI=1S/C14H18N4O3/c1-8-9(7-17-18-8)6-16-14(19)11-4-10(20-2)5-12(21-3)13(11)15/h4-5,7H,6,15H2,1-3H3,(H,16,19)(H,17,18). The number of hydrogen-bond donors (Lipinski definition) is 3. The summed E-state index contributed by atoms with van der Waals surface area (Å²) in [5, 5.41) is 9.51. The number of amides is 1. The molecule has 112 valence electrons. The van der Waals surface area contributed by atoms with E-state index in [0.29, 0.717) is 23.6 Å². The molecule has 2 rings (SSSR count). The van der Waals surface area contributed by atoms with Crippen molar-refractivity contribution in [3.63, 3.8) is 0 Å². The second-order valence-corrected chi connectivity index (χ2v) is 4.49. The van der Waals surface area contributed by atoms with E-state index < -0.39 is 0 Å². The second-order valence-electron chi connectivity index (χ2n) is 4.49. The Morgan fingerprint density at radius 2 is 2.14 bits per heavy atom. The van der Waals surface area contributed by atoms with E-state index >= 15 is 0 Å². The lowest BCUT2D eigenvalue weighted by molar-refractivity contribution is 0.0951. The molecule has 0 radical (unpaired) electrons. The van der Waals surface area contributed by atoms with Gasteiger partial charge in [0.15, 0.2) is 0 Å². The summed E-state index contributed by atoms with van der Waals surface area (Å²) >= 11 is 0. The van der Waals surface area contributed by atoms with E-state index in [4.69, 9.17) is 15.2 Å². The molecule has 7 heteroatoms. The number of nitrogens with zero attached hydrogens (tertiary/aromatic N) is 1. The third-order valence-corrected chi connectivity index (χ3v) is 3.19. The minimum absolute atomic E-state index is 0.278. The van der Waals surface area contributed by atoms with Crippen LogP contribution in [0.5, 0.6) is 11.5 Å². The van der Waals surface area contributed by atoms with Gasteiger partial charge in [-0.3, -0.25) is 9.89 Å². The highest BCUT2D eigenvalue weighted by Gasteiger charge is 2.16. The van der Waals surface area contributed by atoms with Gasteiger partial charge >= 0.3 is 0 Å². The molecule has 0 unspecified atom stereocenters. The first-order valence-corrected chi connectivity index (χ1v) is 6.35. The molecule has 1 aromatic heterocycles. The van der Waals surface area contributed by atoms with E-state index in [1.54, 1.807) is 18.3 Å². The molecular formula is C14H18N4O3. The number of hydrogen-bond acceptors (Lipinski definition) is 5. The van der Waals surface area contributed by atoms with Crippen molar-refractivity contribution in [1.82, 2.24) is 15.5 Å². The van der Waals surface area contributed by atoms with Crippen LogP contribution in [0.1, 0.15) is 21.6 Å². The third kappa shape index (κ3) is 3.07. The zero-order chi connectivity index (χ0) is 15.4. The number of anilines is 1. The van der Waals surface area contributed by atoms with Crippen LogP contribution in [0.2, 0.25) is 0 Å². The molecule has 0 saturated heterocycles. The van der Waals surface area contributed by atoms with Crippen molar-refractivity contribution >= 4 is 11.6 Å². The fourth-order valence-electron chi connectivity index (χ4n) is 1.90. The number of carbonyl (C=O) groups excluding carboxylic acids is 1. The van der Waals surface area contributed by atoms with Crippen molar-refractivity contribution in [2.45, 2.75) is 13.5 Å². The Bertz CT molecular complexity index is 652. The van der Waals surface area contributed by atoms with Gasteiger partial charge in [-0.2, -0.15) is 5.10 Å². The first-order valence-electron chi connectivity index (χ1n) is 6.35. The van der Waals surface area contributed by atoms with Crippen LogP contribution in [0.15, 0.2) is 18.3 Å². The summed E-state index contributed by atoms with van der Waals surface area (Å²) in [7, 11) is 3.00. The van der Waals surface area contributed by atoms with Gasteiger partial charge in [0, 0.05) is 23.9 Å². The van der Waals surface area contributed by atoms with Gasteiger partial charge in [-0.25, -0.2) is 0 Å². The molecule has 2 aromatic rings. The molecule has 0 atom stereocenters. The van der Waals surface area contributed by atoms with Crippen LogP contribution in [0.3, 0.4) is 0 Å². The highest BCUT2D eigenvalue weighted by atomic mass is 16.5. The van der Waals surface area contributed by atoms with Crippen molar-refractivity contribution < 1.29 is 14.3 Å². The monoisotopic (exact) mass is 290 g/mol. The number of nitrogens with one attached hydrogen (secondary N) is 2. The van der Waals surface area contributed by atoms with Crippen LogP contribution in [0.4, 0.5) is 5.69 Å². The van der Waals surface area contributed by atoms with Crippen LogP contribution in [0.25, 0.3) is 0 Å². The zero-order valence-electron chi connectivity index (χ0n) is 12.2. The van der Waals surface area contributed by atoms with Crippen molar-refractivity contribution in [3.05, 3.63) is 35.2 Å². The van der Waals surface area contributed by atoms with Crippen molar-refractivity contribution in [3.8, 4) is 11.5 Å². The van der Waals surface area contributed by atoms with Crippen LogP contribution < -0.4 is 20.5 Å². The number of H-pyrrole nitrogens is 1. The molecule has 0 aliphatic heterocycles. The van der Waals surface area contributed by atoms with E-state index in [1.165, 1.54) is 14.2 Å². The molecule has 1 amide bonds. The summed E-state index contributed by atoms with van der Waals surface area (Å²) in [6, 6.07) is 3.21. The lowest BCUT2D eigenvalue weighted by atomic mass is 10.1. The van der Waals surface area contributed by atoms with E-state index in [0.717, 1.165) is 11.3 Å². The molecule has 0 bridgehead atoms. The van der Waals surface area contributed by atoms with E-state index in [1.807, 2.05) is 6.92 Å². The number of aryl methyl sites for hydroxylation is 1. The minimum Gasteiger partial charge on any atom is -0.497 e. The summed E-state index contributed by atoms with van der Waals surface area (Å²) in [6.07, 6.45) is 1.67. The fraction of sp³-hybridized carbons (Fsp3) is 0.286. The first kappa shape index (κ1) is 14.7. The van der Waals surface area contributed by atoms with Crippen LogP contribution >= 0.6 is 0 Å². The molecule has 0 spiro atoms. The molecular weight excluding hydrogens is 272 g/mol. The maximum atomic E-state index is 12.3. The topological polar surface area (TPSA) is 102 Å². The third-order valence-electron chi connectivity index (χ3n) is 3.19. The quantitative estimate of drug-likeness (QED) is 0.719. The molecule has 4 N–H and O–H groups in total. The Hall–Kier alpha value is -2.70. The average Bonchev–Trinajstić information content (AvgIpc) is 2.90. The fourth-order valence-corrected chi connectivity index (χ4v) is 1.90. The maximum absolute atomic E-state index is 12.3. The van der Waals surface area contributed by atoms with Crippen molar-refractivity contribution in [2.75, 3.05) is 20.0 Å². The molecule has 0 aliphatic carbocycles. The minimum atomic E-state index is -0.301. The van der Waals surface area contributed by atoms with Crippen LogP contribution in [-0.2, 0) is 6.54 Å². The Labute approximate surface area is 122 Å². The molecule has 0 aliphatic rings. The van der Waals surface area contributed by atoms with E-state index in [9.17, 15) is 4.79 Å². The van der Waals surface area contributed by atoms with Gasteiger partial charge in [0.2, 0.25) is 0 Å². The number of aromatic nitrogens is 2. The SMILES string of the molecule is COc1cc(OC)c(N)c(C(=O)NCc2cn[nH]c2C)c1. The predicted molar refractivity (Wildman–Crippen MR) is 78.5 cm³/mol. The highest BCUT2D eigenvalue weighted by molar-refractivity contribution is 6.00. The summed E-state index contributed by atoms with van der Waals surface area (Å²) < 4.78 is 10.3. The van der Waals surface area contributed by atoms with Gasteiger partial charge in [0.05, 0.1) is 31.7 Å².